The first-order chi connectivity index (χ1) is 8.25. The van der Waals surface area contributed by atoms with Crippen LogP contribution in [0, 0.1) is 13.8 Å². The van der Waals surface area contributed by atoms with Crippen LogP contribution in [0.3, 0.4) is 0 Å². The van der Waals surface area contributed by atoms with E-state index in [-0.39, 0.29) is 6.10 Å². The molecule has 0 N–H and O–H groups in total. The Labute approximate surface area is 104 Å². The molecule has 0 aliphatic heterocycles. The van der Waals surface area contributed by atoms with Crippen molar-refractivity contribution in [2.45, 2.75) is 52.1 Å². The maximum atomic E-state index is 6.09. The van der Waals surface area contributed by atoms with Gasteiger partial charge in [-0.2, -0.15) is 0 Å². The molecule has 1 aromatic carbocycles. The number of rotatable bonds is 2. The Bertz CT molecular complexity index is 393. The van der Waals surface area contributed by atoms with Gasteiger partial charge in [0.15, 0.2) is 0 Å². The molecule has 0 spiro atoms. The highest BCUT2D eigenvalue weighted by Crippen LogP contribution is 2.23. The largest absolute Gasteiger partial charge is 0.486 e. The van der Waals surface area contributed by atoms with Crippen LogP contribution in [0.1, 0.15) is 43.2 Å². The normalized spacial score (nSPS) is 22.6. The van der Waals surface area contributed by atoms with E-state index >= 15 is 0 Å². The number of aryl methyl sites for hydroxylation is 2. The van der Waals surface area contributed by atoms with Gasteiger partial charge in [0.25, 0.3) is 0 Å². The van der Waals surface area contributed by atoms with E-state index in [2.05, 4.69) is 44.2 Å². The first-order valence-corrected chi connectivity index (χ1v) is 6.66. The molecule has 2 rings (SSSR count). The molecule has 92 valence electrons. The minimum absolute atomic E-state index is 0.261. The summed E-state index contributed by atoms with van der Waals surface area (Å²) in [5.41, 5.74) is 2.53. The van der Waals surface area contributed by atoms with Crippen molar-refractivity contribution in [3.8, 4) is 5.75 Å². The quantitative estimate of drug-likeness (QED) is 0.676. The number of ether oxygens (including phenoxy) is 1. The van der Waals surface area contributed by atoms with Crippen LogP contribution in [0.4, 0.5) is 0 Å². The molecule has 1 aliphatic rings. The fourth-order valence-electron chi connectivity index (χ4n) is 2.32. The Balaban J connectivity index is 2.05. The molecule has 0 radical (unpaired) electrons. The van der Waals surface area contributed by atoms with E-state index in [0.717, 1.165) is 12.2 Å². The molecule has 0 heterocycles. The number of hydrogen-bond donors (Lipinski definition) is 0. The van der Waals surface area contributed by atoms with E-state index in [4.69, 9.17) is 4.74 Å². The van der Waals surface area contributed by atoms with Crippen molar-refractivity contribution in [2.75, 3.05) is 0 Å². The molecule has 1 aromatic rings. The Morgan fingerprint density at radius 1 is 1.12 bits per heavy atom. The zero-order chi connectivity index (χ0) is 12.1. The van der Waals surface area contributed by atoms with Crippen LogP contribution in [0.25, 0.3) is 0 Å². The van der Waals surface area contributed by atoms with Gasteiger partial charge in [0.1, 0.15) is 11.9 Å². The highest BCUT2D eigenvalue weighted by molar-refractivity contribution is 5.36. The van der Waals surface area contributed by atoms with Crippen molar-refractivity contribution in [2.24, 2.45) is 0 Å². The van der Waals surface area contributed by atoms with Crippen molar-refractivity contribution in [1.29, 1.82) is 0 Å². The van der Waals surface area contributed by atoms with Gasteiger partial charge in [-0.3, -0.25) is 0 Å². The number of benzene rings is 1. The van der Waals surface area contributed by atoms with E-state index in [1.165, 1.54) is 36.8 Å². The summed E-state index contributed by atoms with van der Waals surface area (Å²) >= 11 is 0. The van der Waals surface area contributed by atoms with Crippen molar-refractivity contribution in [3.63, 3.8) is 0 Å². The minimum atomic E-state index is 0.261. The maximum absolute atomic E-state index is 6.09. The summed E-state index contributed by atoms with van der Waals surface area (Å²) in [5, 5.41) is 0. The molecule has 1 atom stereocenters. The second kappa shape index (κ2) is 5.90. The summed E-state index contributed by atoms with van der Waals surface area (Å²) in [7, 11) is 0. The third kappa shape index (κ3) is 3.62. The second-order valence-electron chi connectivity index (χ2n) is 4.99. The monoisotopic (exact) mass is 230 g/mol. The average molecular weight is 230 g/mol. The summed E-state index contributed by atoms with van der Waals surface area (Å²) in [4.78, 5) is 0. The Morgan fingerprint density at radius 2 is 2.00 bits per heavy atom. The van der Waals surface area contributed by atoms with Crippen LogP contribution < -0.4 is 4.74 Å². The zero-order valence-electron chi connectivity index (χ0n) is 10.9. The van der Waals surface area contributed by atoms with Gasteiger partial charge in [-0.15, -0.1) is 0 Å². The smallest absolute Gasteiger partial charge is 0.123 e. The van der Waals surface area contributed by atoms with E-state index < -0.39 is 0 Å². The molecule has 17 heavy (non-hydrogen) atoms. The van der Waals surface area contributed by atoms with Gasteiger partial charge in [-0.1, -0.05) is 30.2 Å². The third-order valence-corrected chi connectivity index (χ3v) is 3.32. The topological polar surface area (TPSA) is 9.23 Å². The second-order valence-corrected chi connectivity index (χ2v) is 4.99. The van der Waals surface area contributed by atoms with E-state index in [0.29, 0.717) is 0 Å². The molecule has 1 heteroatoms. The molecular formula is C16H22O. The van der Waals surface area contributed by atoms with Gasteiger partial charge in [-0.05, 0) is 57.2 Å². The fourth-order valence-corrected chi connectivity index (χ4v) is 2.32. The lowest BCUT2D eigenvalue weighted by atomic mass is 10.0. The van der Waals surface area contributed by atoms with E-state index in [1.807, 2.05) is 0 Å². The molecule has 0 aromatic heterocycles. The first kappa shape index (κ1) is 12.2. The SMILES string of the molecule is Cc1ccc(OC2/C=C/CCCCC2)c(C)c1. The summed E-state index contributed by atoms with van der Waals surface area (Å²) in [6, 6.07) is 6.40. The van der Waals surface area contributed by atoms with Crippen molar-refractivity contribution < 1.29 is 4.74 Å². The highest BCUT2D eigenvalue weighted by Gasteiger charge is 2.10. The summed E-state index contributed by atoms with van der Waals surface area (Å²) in [6.45, 7) is 4.24. The Kier molecular flexibility index (Phi) is 4.24. The molecule has 0 fully saturated rings. The Hall–Kier alpha value is -1.24. The molecule has 0 bridgehead atoms. The number of allylic oxidation sites excluding steroid dienone is 1. The highest BCUT2D eigenvalue weighted by atomic mass is 16.5. The summed E-state index contributed by atoms with van der Waals surface area (Å²) in [6.07, 6.45) is 11.0. The van der Waals surface area contributed by atoms with Crippen molar-refractivity contribution in [3.05, 3.63) is 41.5 Å². The lowest BCUT2D eigenvalue weighted by Crippen LogP contribution is -2.15. The summed E-state index contributed by atoms with van der Waals surface area (Å²) < 4.78 is 6.09. The van der Waals surface area contributed by atoms with Crippen LogP contribution in [0.2, 0.25) is 0 Å². The van der Waals surface area contributed by atoms with Crippen molar-refractivity contribution in [1.82, 2.24) is 0 Å². The standard InChI is InChI=1S/C16H22O/c1-13-10-11-16(14(2)12-13)17-15-8-6-4-3-5-7-9-15/h6,8,10-12,15H,3-5,7,9H2,1-2H3/b8-6+. The predicted molar refractivity (Wildman–Crippen MR) is 72.6 cm³/mol. The van der Waals surface area contributed by atoms with Crippen LogP contribution >= 0.6 is 0 Å². The van der Waals surface area contributed by atoms with Crippen LogP contribution in [-0.4, -0.2) is 6.10 Å². The summed E-state index contributed by atoms with van der Waals surface area (Å²) in [5.74, 6) is 1.03. The lowest BCUT2D eigenvalue weighted by Gasteiger charge is -2.19. The van der Waals surface area contributed by atoms with Crippen LogP contribution in [-0.2, 0) is 0 Å². The molecular weight excluding hydrogens is 208 g/mol. The van der Waals surface area contributed by atoms with Crippen molar-refractivity contribution >= 4 is 0 Å². The molecule has 0 saturated heterocycles. The van der Waals surface area contributed by atoms with Crippen LogP contribution in [0.15, 0.2) is 30.4 Å². The van der Waals surface area contributed by atoms with Gasteiger partial charge < -0.3 is 4.74 Å². The maximum Gasteiger partial charge on any atom is 0.123 e. The minimum Gasteiger partial charge on any atom is -0.486 e. The average Bonchev–Trinajstić information content (AvgIpc) is 2.25. The van der Waals surface area contributed by atoms with E-state index in [9.17, 15) is 0 Å². The molecule has 0 saturated carbocycles. The molecule has 1 aliphatic carbocycles. The van der Waals surface area contributed by atoms with Gasteiger partial charge in [0.2, 0.25) is 0 Å². The van der Waals surface area contributed by atoms with Crippen LogP contribution in [0.5, 0.6) is 5.75 Å². The predicted octanol–water partition coefficient (Wildman–Crippen LogP) is 4.57. The third-order valence-electron chi connectivity index (χ3n) is 3.32. The van der Waals surface area contributed by atoms with Gasteiger partial charge >= 0.3 is 0 Å². The first-order valence-electron chi connectivity index (χ1n) is 6.66. The van der Waals surface area contributed by atoms with Gasteiger partial charge in [0, 0.05) is 0 Å². The van der Waals surface area contributed by atoms with Gasteiger partial charge in [0.05, 0.1) is 0 Å². The fraction of sp³-hybridized carbons (Fsp3) is 0.500. The van der Waals surface area contributed by atoms with E-state index in [1.54, 1.807) is 0 Å². The Morgan fingerprint density at radius 3 is 2.82 bits per heavy atom. The zero-order valence-corrected chi connectivity index (χ0v) is 10.9. The number of hydrogen-bond acceptors (Lipinski definition) is 1. The lowest BCUT2D eigenvalue weighted by molar-refractivity contribution is 0.230. The molecule has 1 nitrogen and oxygen atoms in total. The molecule has 0 amide bonds. The molecule has 1 unspecified atom stereocenters. The van der Waals surface area contributed by atoms with Gasteiger partial charge in [-0.25, -0.2) is 0 Å².